The summed E-state index contributed by atoms with van der Waals surface area (Å²) >= 11 is 0. The van der Waals surface area contributed by atoms with Gasteiger partial charge >= 0.3 is 0 Å². The largest absolute Gasteiger partial charge is 0.373 e. The molecule has 2 heterocycles. The van der Waals surface area contributed by atoms with E-state index in [9.17, 15) is 0 Å². The molecule has 3 fully saturated rings. The first kappa shape index (κ1) is 14.6. The molecule has 1 saturated carbocycles. The second-order valence-corrected chi connectivity index (χ2v) is 6.02. The van der Waals surface area contributed by atoms with Gasteiger partial charge in [-0.25, -0.2) is 0 Å². The maximum absolute atomic E-state index is 5.50. The summed E-state index contributed by atoms with van der Waals surface area (Å²) in [5.41, 5.74) is 1.41. The number of benzene rings is 1. The SMILES string of the molecule is C(=Cc1ccccc1)CC1CO1.C=CC12CCCCC1O2. The summed E-state index contributed by atoms with van der Waals surface area (Å²) in [5.74, 6) is 0. The summed E-state index contributed by atoms with van der Waals surface area (Å²) in [6, 6.07) is 10.3. The quantitative estimate of drug-likeness (QED) is 0.606. The van der Waals surface area contributed by atoms with Crippen molar-refractivity contribution in [3.8, 4) is 0 Å². The number of hydrogen-bond donors (Lipinski definition) is 0. The molecule has 112 valence electrons. The van der Waals surface area contributed by atoms with Gasteiger partial charge < -0.3 is 9.47 Å². The molecule has 3 aliphatic rings. The van der Waals surface area contributed by atoms with Gasteiger partial charge in [-0.15, -0.1) is 6.58 Å². The Labute approximate surface area is 127 Å². The van der Waals surface area contributed by atoms with E-state index < -0.39 is 0 Å². The Hall–Kier alpha value is -1.38. The van der Waals surface area contributed by atoms with Crippen LogP contribution in [-0.4, -0.2) is 24.4 Å². The second-order valence-electron chi connectivity index (χ2n) is 6.02. The summed E-state index contributed by atoms with van der Waals surface area (Å²) in [7, 11) is 0. The smallest absolute Gasteiger partial charge is 0.113 e. The van der Waals surface area contributed by atoms with Crippen molar-refractivity contribution in [2.24, 2.45) is 0 Å². The third-order valence-corrected chi connectivity index (χ3v) is 4.39. The van der Waals surface area contributed by atoms with Crippen molar-refractivity contribution in [3.05, 3.63) is 54.6 Å². The van der Waals surface area contributed by atoms with Crippen LogP contribution in [0.15, 0.2) is 49.1 Å². The van der Waals surface area contributed by atoms with E-state index in [0.29, 0.717) is 12.2 Å². The Morgan fingerprint density at radius 2 is 2.05 bits per heavy atom. The Morgan fingerprint density at radius 3 is 2.67 bits per heavy atom. The van der Waals surface area contributed by atoms with Crippen LogP contribution in [0, 0.1) is 0 Å². The van der Waals surface area contributed by atoms with Crippen molar-refractivity contribution in [2.75, 3.05) is 6.61 Å². The van der Waals surface area contributed by atoms with Gasteiger partial charge in [0.1, 0.15) is 5.60 Å². The van der Waals surface area contributed by atoms with E-state index in [1.807, 2.05) is 24.3 Å². The summed E-state index contributed by atoms with van der Waals surface area (Å²) < 4.78 is 10.6. The molecule has 2 nitrogen and oxygen atoms in total. The average molecular weight is 284 g/mol. The van der Waals surface area contributed by atoms with Gasteiger partial charge in [-0.05, 0) is 24.8 Å². The minimum Gasteiger partial charge on any atom is -0.373 e. The zero-order valence-corrected chi connectivity index (χ0v) is 12.5. The molecule has 0 N–H and O–H groups in total. The van der Waals surface area contributed by atoms with Crippen LogP contribution in [-0.2, 0) is 9.47 Å². The average Bonchev–Trinajstić information content (AvgIpc) is 3.43. The highest BCUT2D eigenvalue weighted by Gasteiger charge is 2.54. The molecular weight excluding hydrogens is 260 g/mol. The van der Waals surface area contributed by atoms with Crippen LogP contribution in [0.2, 0.25) is 0 Å². The van der Waals surface area contributed by atoms with Crippen LogP contribution in [0.25, 0.3) is 6.08 Å². The summed E-state index contributed by atoms with van der Waals surface area (Å²) in [5, 5.41) is 0. The first-order chi connectivity index (χ1) is 10.3. The lowest BCUT2D eigenvalue weighted by molar-refractivity contribution is 0.329. The van der Waals surface area contributed by atoms with E-state index in [4.69, 9.17) is 9.47 Å². The number of fused-ring (bicyclic) bond motifs is 1. The van der Waals surface area contributed by atoms with Crippen LogP contribution >= 0.6 is 0 Å². The molecule has 1 aromatic carbocycles. The van der Waals surface area contributed by atoms with Gasteiger partial charge in [-0.2, -0.15) is 0 Å². The molecule has 3 unspecified atom stereocenters. The molecule has 0 amide bonds. The number of epoxide rings is 2. The standard InChI is InChI=1S/C11H12O.C8H12O/c1-2-5-10(6-3-1)7-4-8-11-9-12-11;1-2-8-6-4-3-5-7(8)9-8/h1-7,11H,8-9H2;2,7H,1,3-6H2. The predicted molar refractivity (Wildman–Crippen MR) is 86.1 cm³/mol. The fourth-order valence-corrected chi connectivity index (χ4v) is 2.89. The maximum atomic E-state index is 5.50. The maximum Gasteiger partial charge on any atom is 0.113 e. The number of rotatable bonds is 4. The molecule has 2 aliphatic heterocycles. The molecule has 1 aliphatic carbocycles. The van der Waals surface area contributed by atoms with E-state index in [1.165, 1.54) is 31.2 Å². The number of ether oxygens (including phenoxy) is 2. The monoisotopic (exact) mass is 284 g/mol. The van der Waals surface area contributed by atoms with Gasteiger partial charge in [0.25, 0.3) is 0 Å². The molecule has 0 radical (unpaired) electrons. The minimum atomic E-state index is 0.151. The summed E-state index contributed by atoms with van der Waals surface area (Å²) in [6.07, 6.45) is 13.5. The second kappa shape index (κ2) is 6.59. The van der Waals surface area contributed by atoms with Crippen LogP contribution in [0.4, 0.5) is 0 Å². The Morgan fingerprint density at radius 1 is 1.24 bits per heavy atom. The predicted octanol–water partition coefficient (Wildman–Crippen LogP) is 4.37. The normalized spacial score (nSPS) is 32.8. The van der Waals surface area contributed by atoms with E-state index in [2.05, 4.69) is 30.9 Å². The van der Waals surface area contributed by atoms with Crippen LogP contribution in [0.1, 0.15) is 37.7 Å². The van der Waals surface area contributed by atoms with Crippen LogP contribution in [0.5, 0.6) is 0 Å². The molecule has 4 rings (SSSR count). The fraction of sp³-hybridized carbons (Fsp3) is 0.474. The van der Waals surface area contributed by atoms with Crippen molar-refractivity contribution in [3.63, 3.8) is 0 Å². The van der Waals surface area contributed by atoms with E-state index in [0.717, 1.165) is 13.0 Å². The molecule has 0 spiro atoms. The van der Waals surface area contributed by atoms with E-state index in [1.54, 1.807) is 0 Å². The van der Waals surface area contributed by atoms with E-state index >= 15 is 0 Å². The van der Waals surface area contributed by atoms with Crippen LogP contribution < -0.4 is 0 Å². The summed E-state index contributed by atoms with van der Waals surface area (Å²) in [4.78, 5) is 0. The third-order valence-electron chi connectivity index (χ3n) is 4.39. The van der Waals surface area contributed by atoms with Gasteiger partial charge in [0.15, 0.2) is 0 Å². The van der Waals surface area contributed by atoms with Crippen LogP contribution in [0.3, 0.4) is 0 Å². The molecule has 0 bridgehead atoms. The molecule has 3 atom stereocenters. The zero-order chi connectivity index (χ0) is 14.5. The molecule has 2 saturated heterocycles. The topological polar surface area (TPSA) is 25.1 Å². The lowest BCUT2D eigenvalue weighted by atomic mass is 9.89. The number of hydrogen-bond acceptors (Lipinski definition) is 2. The highest BCUT2D eigenvalue weighted by atomic mass is 16.6. The van der Waals surface area contributed by atoms with Gasteiger partial charge in [-0.1, -0.05) is 61.4 Å². The molecular formula is C19H24O2. The highest BCUT2D eigenvalue weighted by molar-refractivity contribution is 5.48. The first-order valence-electron chi connectivity index (χ1n) is 7.97. The van der Waals surface area contributed by atoms with Gasteiger partial charge in [0.05, 0.1) is 18.8 Å². The van der Waals surface area contributed by atoms with Crippen molar-refractivity contribution < 1.29 is 9.47 Å². The van der Waals surface area contributed by atoms with Crippen molar-refractivity contribution >= 4 is 6.08 Å². The van der Waals surface area contributed by atoms with Crippen molar-refractivity contribution in [2.45, 2.75) is 49.9 Å². The molecule has 21 heavy (non-hydrogen) atoms. The highest BCUT2D eigenvalue weighted by Crippen LogP contribution is 2.48. The minimum absolute atomic E-state index is 0.151. The first-order valence-corrected chi connectivity index (χ1v) is 7.97. The van der Waals surface area contributed by atoms with Crippen molar-refractivity contribution in [1.29, 1.82) is 0 Å². The summed E-state index contributed by atoms with van der Waals surface area (Å²) in [6.45, 7) is 4.72. The van der Waals surface area contributed by atoms with Gasteiger partial charge in [-0.3, -0.25) is 0 Å². The molecule has 2 heteroatoms. The Kier molecular flexibility index (Phi) is 4.57. The third kappa shape index (κ3) is 4.05. The fourth-order valence-electron chi connectivity index (χ4n) is 2.89. The van der Waals surface area contributed by atoms with Gasteiger partial charge in [0.2, 0.25) is 0 Å². The van der Waals surface area contributed by atoms with Crippen molar-refractivity contribution in [1.82, 2.24) is 0 Å². The van der Waals surface area contributed by atoms with E-state index in [-0.39, 0.29) is 5.60 Å². The lowest BCUT2D eigenvalue weighted by Gasteiger charge is -2.11. The lowest BCUT2D eigenvalue weighted by Crippen LogP contribution is -2.15. The molecule has 1 aromatic rings. The van der Waals surface area contributed by atoms with Gasteiger partial charge in [0, 0.05) is 0 Å². The Bertz CT molecular complexity index is 490. The zero-order valence-electron chi connectivity index (χ0n) is 12.5. The molecule has 0 aromatic heterocycles. The Balaban J connectivity index is 0.000000131.